The number of aryl methyl sites for hydroxylation is 1. The van der Waals surface area contributed by atoms with E-state index in [1.165, 1.54) is 0 Å². The highest BCUT2D eigenvalue weighted by Crippen LogP contribution is 2.32. The highest BCUT2D eigenvalue weighted by molar-refractivity contribution is 7.80. The van der Waals surface area contributed by atoms with E-state index < -0.39 is 0 Å². The van der Waals surface area contributed by atoms with Gasteiger partial charge in [-0.3, -0.25) is 5.43 Å². The lowest BCUT2D eigenvalue weighted by atomic mass is 10.1. The number of furan rings is 1. The first-order chi connectivity index (χ1) is 13.2. The zero-order valence-corrected chi connectivity index (χ0v) is 15.6. The molecule has 0 saturated heterocycles. The third-order valence-corrected chi connectivity index (χ3v) is 4.52. The van der Waals surface area contributed by atoms with Crippen LogP contribution in [0.2, 0.25) is 0 Å². The number of hydrogen-bond donors (Lipinski definition) is 2. The van der Waals surface area contributed by atoms with Crippen LogP contribution < -0.4 is 20.2 Å². The Morgan fingerprint density at radius 2 is 2.04 bits per heavy atom. The van der Waals surface area contributed by atoms with E-state index in [1.54, 1.807) is 6.21 Å². The van der Waals surface area contributed by atoms with Crippen molar-refractivity contribution in [1.29, 1.82) is 0 Å². The predicted molar refractivity (Wildman–Crippen MR) is 108 cm³/mol. The van der Waals surface area contributed by atoms with Crippen LogP contribution in [0.5, 0.6) is 11.5 Å². The molecule has 0 fully saturated rings. The lowest BCUT2D eigenvalue weighted by Crippen LogP contribution is -2.31. The van der Waals surface area contributed by atoms with Gasteiger partial charge < -0.3 is 19.2 Å². The highest BCUT2D eigenvalue weighted by atomic mass is 32.1. The van der Waals surface area contributed by atoms with Crippen molar-refractivity contribution in [2.24, 2.45) is 5.10 Å². The SMILES string of the molecule is CCc1oc2ccccc2c1/C=N\NC(=S)NCc1ccc2c(c1)OCO2. The first kappa shape index (κ1) is 17.4. The topological polar surface area (TPSA) is 68.0 Å². The largest absolute Gasteiger partial charge is 0.460 e. The van der Waals surface area contributed by atoms with Crippen LogP contribution >= 0.6 is 12.2 Å². The molecule has 7 heteroatoms. The number of ether oxygens (including phenoxy) is 2. The molecule has 3 aromatic rings. The lowest BCUT2D eigenvalue weighted by molar-refractivity contribution is 0.174. The van der Waals surface area contributed by atoms with Crippen LogP contribution in [0.4, 0.5) is 0 Å². The number of para-hydroxylation sites is 1. The van der Waals surface area contributed by atoms with Crippen molar-refractivity contribution in [3.05, 3.63) is 59.4 Å². The molecule has 0 atom stereocenters. The van der Waals surface area contributed by atoms with Gasteiger partial charge in [0, 0.05) is 23.9 Å². The summed E-state index contributed by atoms with van der Waals surface area (Å²) in [5.41, 5.74) is 5.73. The Morgan fingerprint density at radius 1 is 1.19 bits per heavy atom. The molecule has 138 valence electrons. The number of hydrazone groups is 1. The van der Waals surface area contributed by atoms with E-state index in [1.807, 2.05) is 42.5 Å². The van der Waals surface area contributed by atoms with Crippen LogP contribution in [0.25, 0.3) is 11.0 Å². The molecule has 0 saturated carbocycles. The molecular weight excluding hydrogens is 362 g/mol. The summed E-state index contributed by atoms with van der Waals surface area (Å²) in [4.78, 5) is 0. The molecule has 0 bridgehead atoms. The number of fused-ring (bicyclic) bond motifs is 2. The monoisotopic (exact) mass is 381 g/mol. The average molecular weight is 381 g/mol. The molecule has 0 spiro atoms. The minimum Gasteiger partial charge on any atom is -0.460 e. The molecule has 27 heavy (non-hydrogen) atoms. The van der Waals surface area contributed by atoms with E-state index >= 15 is 0 Å². The summed E-state index contributed by atoms with van der Waals surface area (Å²) in [6.45, 7) is 2.89. The van der Waals surface area contributed by atoms with Crippen molar-refractivity contribution in [3.63, 3.8) is 0 Å². The van der Waals surface area contributed by atoms with Crippen LogP contribution in [-0.4, -0.2) is 18.1 Å². The first-order valence-corrected chi connectivity index (χ1v) is 9.11. The molecule has 6 nitrogen and oxygen atoms in total. The Hall–Kier alpha value is -3.06. The summed E-state index contributed by atoms with van der Waals surface area (Å²) in [6.07, 6.45) is 2.54. The van der Waals surface area contributed by atoms with Crippen molar-refractivity contribution >= 4 is 34.5 Å². The molecule has 2 heterocycles. The molecule has 0 amide bonds. The maximum Gasteiger partial charge on any atom is 0.231 e. The third-order valence-electron chi connectivity index (χ3n) is 4.28. The second kappa shape index (κ2) is 7.67. The zero-order valence-electron chi connectivity index (χ0n) is 14.8. The fourth-order valence-corrected chi connectivity index (χ4v) is 3.07. The maximum absolute atomic E-state index is 5.86. The Morgan fingerprint density at radius 3 is 2.93 bits per heavy atom. The minimum absolute atomic E-state index is 0.267. The second-order valence-electron chi connectivity index (χ2n) is 6.03. The van der Waals surface area contributed by atoms with Crippen LogP contribution in [-0.2, 0) is 13.0 Å². The fourth-order valence-electron chi connectivity index (χ4n) is 2.95. The van der Waals surface area contributed by atoms with Crippen molar-refractivity contribution in [1.82, 2.24) is 10.7 Å². The molecule has 1 aromatic heterocycles. The standard InChI is InChI=1S/C20H19N3O3S/c1-2-16-15(14-5-3-4-6-17(14)26-16)11-22-23-20(27)21-10-13-7-8-18-19(9-13)25-12-24-18/h3-9,11H,2,10,12H2,1H3,(H2,21,23,27)/b22-11-. The summed E-state index contributed by atoms with van der Waals surface area (Å²) >= 11 is 5.29. The van der Waals surface area contributed by atoms with Gasteiger partial charge in [0.1, 0.15) is 11.3 Å². The van der Waals surface area contributed by atoms with Crippen LogP contribution in [0.15, 0.2) is 52.0 Å². The maximum atomic E-state index is 5.86. The summed E-state index contributed by atoms with van der Waals surface area (Å²) in [5, 5.41) is 8.86. The van der Waals surface area contributed by atoms with E-state index in [-0.39, 0.29) is 6.79 Å². The van der Waals surface area contributed by atoms with Gasteiger partial charge in [-0.05, 0) is 36.0 Å². The van der Waals surface area contributed by atoms with Gasteiger partial charge in [-0.2, -0.15) is 5.10 Å². The van der Waals surface area contributed by atoms with E-state index in [0.717, 1.165) is 45.8 Å². The van der Waals surface area contributed by atoms with Gasteiger partial charge in [0.15, 0.2) is 16.6 Å². The van der Waals surface area contributed by atoms with Crippen molar-refractivity contribution < 1.29 is 13.9 Å². The molecule has 0 radical (unpaired) electrons. The van der Waals surface area contributed by atoms with E-state index in [0.29, 0.717) is 11.7 Å². The average Bonchev–Trinajstić information content (AvgIpc) is 3.30. The van der Waals surface area contributed by atoms with Gasteiger partial charge in [-0.15, -0.1) is 0 Å². The van der Waals surface area contributed by atoms with E-state index in [2.05, 4.69) is 22.8 Å². The molecule has 4 rings (SSSR count). The summed E-state index contributed by atoms with van der Waals surface area (Å²) in [5.74, 6) is 2.43. The van der Waals surface area contributed by atoms with Gasteiger partial charge in [0.05, 0.1) is 6.21 Å². The third kappa shape index (κ3) is 3.73. The van der Waals surface area contributed by atoms with Gasteiger partial charge >= 0.3 is 0 Å². The number of nitrogens with one attached hydrogen (secondary N) is 2. The van der Waals surface area contributed by atoms with E-state index in [9.17, 15) is 0 Å². The Balaban J connectivity index is 1.37. The van der Waals surface area contributed by atoms with Gasteiger partial charge in [-0.25, -0.2) is 0 Å². The lowest BCUT2D eigenvalue weighted by Gasteiger charge is -2.07. The van der Waals surface area contributed by atoms with Crippen LogP contribution in [0.3, 0.4) is 0 Å². The van der Waals surface area contributed by atoms with Crippen molar-refractivity contribution in [2.75, 3.05) is 6.79 Å². The van der Waals surface area contributed by atoms with Crippen LogP contribution in [0.1, 0.15) is 23.8 Å². The number of benzene rings is 2. The molecule has 0 unspecified atom stereocenters. The quantitative estimate of drug-likeness (QED) is 0.399. The molecule has 2 aromatic carbocycles. The second-order valence-corrected chi connectivity index (χ2v) is 6.44. The van der Waals surface area contributed by atoms with Crippen molar-refractivity contribution in [2.45, 2.75) is 19.9 Å². The Labute approximate surface area is 162 Å². The Kier molecular flexibility index (Phi) is 4.93. The number of thiocarbonyl (C=S) groups is 1. The normalized spacial score (nSPS) is 12.6. The minimum atomic E-state index is 0.267. The zero-order chi connectivity index (χ0) is 18.6. The van der Waals surface area contributed by atoms with Gasteiger partial charge in [0.25, 0.3) is 0 Å². The van der Waals surface area contributed by atoms with Crippen molar-refractivity contribution in [3.8, 4) is 11.5 Å². The Bertz CT molecular complexity index is 1010. The summed E-state index contributed by atoms with van der Waals surface area (Å²) < 4.78 is 16.5. The molecule has 1 aliphatic heterocycles. The molecule has 1 aliphatic rings. The molecular formula is C20H19N3O3S. The predicted octanol–water partition coefficient (Wildman–Crippen LogP) is 3.72. The number of hydrogen-bond acceptors (Lipinski definition) is 5. The summed E-state index contributed by atoms with van der Waals surface area (Å²) in [7, 11) is 0. The van der Waals surface area contributed by atoms with Gasteiger partial charge in [0.2, 0.25) is 6.79 Å². The molecule has 0 aliphatic carbocycles. The number of rotatable bonds is 5. The first-order valence-electron chi connectivity index (χ1n) is 8.70. The van der Waals surface area contributed by atoms with Crippen LogP contribution in [0, 0.1) is 0 Å². The smallest absolute Gasteiger partial charge is 0.231 e. The van der Waals surface area contributed by atoms with Gasteiger partial charge in [-0.1, -0.05) is 31.2 Å². The van der Waals surface area contributed by atoms with E-state index in [4.69, 9.17) is 26.1 Å². The fraction of sp³-hybridized carbons (Fsp3) is 0.200. The number of nitrogens with zero attached hydrogens (tertiary/aromatic N) is 1. The summed E-state index contributed by atoms with van der Waals surface area (Å²) in [6, 6.07) is 13.7. The molecule has 2 N–H and O–H groups in total. The highest BCUT2D eigenvalue weighted by Gasteiger charge is 2.13.